The van der Waals surface area contributed by atoms with Crippen LogP contribution in [0.2, 0.25) is 0 Å². The summed E-state index contributed by atoms with van der Waals surface area (Å²) in [5.74, 6) is -0.603. The number of hydrogen-bond donors (Lipinski definition) is 0. The minimum absolute atomic E-state index is 0.116. The van der Waals surface area contributed by atoms with E-state index in [0.29, 0.717) is 6.54 Å². The largest absolute Gasteiger partial charge is 0.632 e. The fourth-order valence-corrected chi connectivity index (χ4v) is 4.09. The summed E-state index contributed by atoms with van der Waals surface area (Å²) in [5, 5.41) is 13.8. The third-order valence-electron chi connectivity index (χ3n) is 5.21. The molecule has 126 valence electrons. The van der Waals surface area contributed by atoms with Crippen LogP contribution in [0.25, 0.3) is 0 Å². The van der Waals surface area contributed by atoms with Crippen molar-refractivity contribution in [2.24, 2.45) is 0 Å². The van der Waals surface area contributed by atoms with Crippen molar-refractivity contribution in [3.05, 3.63) is 53.8 Å². The molecule has 0 aromatic heterocycles. The molecule has 2 heterocycles. The molecule has 4 nitrogen and oxygen atoms in total. The van der Waals surface area contributed by atoms with E-state index in [1.54, 1.807) is 0 Å². The van der Waals surface area contributed by atoms with Crippen LogP contribution in [0.1, 0.15) is 39.2 Å². The summed E-state index contributed by atoms with van der Waals surface area (Å²) in [7, 11) is 0. The van der Waals surface area contributed by atoms with Crippen LogP contribution in [0, 0.1) is 5.21 Å². The maximum Gasteiger partial charge on any atom is 0.164 e. The first-order valence-corrected chi connectivity index (χ1v) is 8.46. The van der Waals surface area contributed by atoms with Crippen molar-refractivity contribution in [1.29, 1.82) is 0 Å². The number of hydroxylamine groups is 3. The summed E-state index contributed by atoms with van der Waals surface area (Å²) >= 11 is 0. The molecular weight excluding hydrogens is 290 g/mol. The van der Waals surface area contributed by atoms with E-state index < -0.39 is 5.79 Å². The highest BCUT2D eigenvalue weighted by atomic mass is 16.8. The molecular formula is C19H27NO3. The second-order valence-corrected chi connectivity index (χ2v) is 7.24. The van der Waals surface area contributed by atoms with Crippen LogP contribution < -0.4 is 0 Å². The van der Waals surface area contributed by atoms with Gasteiger partial charge in [-0.15, -0.1) is 6.58 Å². The lowest BCUT2D eigenvalue weighted by atomic mass is 10.0. The summed E-state index contributed by atoms with van der Waals surface area (Å²) in [6.07, 6.45) is 3.21. The third kappa shape index (κ3) is 2.96. The molecule has 0 amide bonds. The highest BCUT2D eigenvalue weighted by molar-refractivity contribution is 5.14. The van der Waals surface area contributed by atoms with Crippen LogP contribution in [-0.2, 0) is 16.0 Å². The molecule has 4 heteroatoms. The summed E-state index contributed by atoms with van der Waals surface area (Å²) in [6.45, 7) is 10.1. The Balaban J connectivity index is 1.89. The van der Waals surface area contributed by atoms with Crippen LogP contribution >= 0.6 is 0 Å². The molecule has 0 radical (unpaired) electrons. The number of nitrogens with zero attached hydrogens (tertiary/aromatic N) is 1. The van der Waals surface area contributed by atoms with E-state index in [0.717, 1.165) is 18.4 Å². The van der Waals surface area contributed by atoms with Crippen LogP contribution in [0.5, 0.6) is 0 Å². The molecule has 3 rings (SSSR count). The van der Waals surface area contributed by atoms with E-state index in [9.17, 15) is 5.21 Å². The molecule has 5 atom stereocenters. The lowest BCUT2D eigenvalue weighted by Crippen LogP contribution is -2.54. The Labute approximate surface area is 138 Å². The van der Waals surface area contributed by atoms with Crippen molar-refractivity contribution >= 4 is 0 Å². The monoisotopic (exact) mass is 317 g/mol. The van der Waals surface area contributed by atoms with E-state index >= 15 is 0 Å². The number of rotatable bonds is 5. The van der Waals surface area contributed by atoms with Crippen LogP contribution in [0.15, 0.2) is 43.0 Å². The van der Waals surface area contributed by atoms with Gasteiger partial charge in [-0.25, -0.2) is 0 Å². The molecule has 0 N–H and O–H groups in total. The number of fused-ring (bicyclic) bond motifs is 1. The van der Waals surface area contributed by atoms with E-state index in [2.05, 4.69) is 6.58 Å². The predicted molar refractivity (Wildman–Crippen MR) is 90.3 cm³/mol. The second-order valence-electron chi connectivity index (χ2n) is 7.24. The minimum atomic E-state index is -0.603. The average Bonchev–Trinajstić information content (AvgIpc) is 2.90. The average molecular weight is 317 g/mol. The first kappa shape index (κ1) is 16.7. The van der Waals surface area contributed by atoms with Gasteiger partial charge < -0.3 is 19.3 Å². The Kier molecular flexibility index (Phi) is 4.36. The summed E-state index contributed by atoms with van der Waals surface area (Å²) in [6, 6.07) is 9.73. The molecule has 0 unspecified atom stereocenters. The molecule has 2 aliphatic heterocycles. The molecule has 1 aromatic carbocycles. The summed E-state index contributed by atoms with van der Waals surface area (Å²) < 4.78 is 11.9. The minimum Gasteiger partial charge on any atom is -0.632 e. The molecule has 0 aliphatic carbocycles. The van der Waals surface area contributed by atoms with E-state index in [1.165, 1.54) is 0 Å². The highest BCUT2D eigenvalue weighted by Crippen LogP contribution is 2.46. The zero-order valence-corrected chi connectivity index (χ0v) is 14.3. The van der Waals surface area contributed by atoms with Gasteiger partial charge in [0, 0.05) is 12.0 Å². The van der Waals surface area contributed by atoms with E-state index in [4.69, 9.17) is 9.47 Å². The van der Waals surface area contributed by atoms with Gasteiger partial charge in [-0.3, -0.25) is 0 Å². The van der Waals surface area contributed by atoms with Crippen molar-refractivity contribution in [1.82, 2.24) is 0 Å². The Morgan fingerprint density at radius 3 is 2.52 bits per heavy atom. The smallest absolute Gasteiger partial charge is 0.164 e. The molecule has 0 spiro atoms. The molecule has 0 saturated carbocycles. The van der Waals surface area contributed by atoms with Gasteiger partial charge in [0.1, 0.15) is 30.8 Å². The number of quaternary nitrogens is 1. The molecule has 2 fully saturated rings. The molecule has 1 aromatic rings. The number of benzene rings is 1. The Bertz CT molecular complexity index is 559. The van der Waals surface area contributed by atoms with E-state index in [1.807, 2.05) is 57.2 Å². The third-order valence-corrected chi connectivity index (χ3v) is 5.21. The van der Waals surface area contributed by atoms with Gasteiger partial charge in [-0.1, -0.05) is 36.4 Å². The van der Waals surface area contributed by atoms with Crippen molar-refractivity contribution in [2.75, 3.05) is 0 Å². The maximum atomic E-state index is 13.8. The predicted octanol–water partition coefficient (Wildman–Crippen LogP) is 3.76. The van der Waals surface area contributed by atoms with Gasteiger partial charge in [0.2, 0.25) is 0 Å². The van der Waals surface area contributed by atoms with Crippen molar-refractivity contribution in [3.63, 3.8) is 0 Å². The fraction of sp³-hybridized carbons (Fsp3) is 0.579. The molecule has 0 bridgehead atoms. The quantitative estimate of drug-likeness (QED) is 0.472. The zero-order chi connectivity index (χ0) is 16.7. The van der Waals surface area contributed by atoms with Crippen molar-refractivity contribution in [2.45, 2.75) is 70.2 Å². The number of hydrogen-bond acceptors (Lipinski definition) is 3. The Hall–Kier alpha value is -1.20. The van der Waals surface area contributed by atoms with Gasteiger partial charge in [-0.05, 0) is 27.2 Å². The van der Waals surface area contributed by atoms with Gasteiger partial charge >= 0.3 is 0 Å². The van der Waals surface area contributed by atoms with Gasteiger partial charge in [0.05, 0.1) is 0 Å². The van der Waals surface area contributed by atoms with E-state index in [-0.39, 0.29) is 28.9 Å². The topological polar surface area (TPSA) is 41.5 Å². The van der Waals surface area contributed by atoms with Crippen LogP contribution in [0.3, 0.4) is 0 Å². The highest BCUT2D eigenvalue weighted by Gasteiger charge is 2.61. The zero-order valence-electron chi connectivity index (χ0n) is 14.3. The first-order chi connectivity index (χ1) is 10.9. The second kappa shape index (κ2) is 6.02. The first-order valence-electron chi connectivity index (χ1n) is 8.46. The Morgan fingerprint density at radius 1 is 1.22 bits per heavy atom. The van der Waals surface area contributed by atoms with Crippen molar-refractivity contribution in [3.8, 4) is 0 Å². The summed E-state index contributed by atoms with van der Waals surface area (Å²) in [4.78, 5) is 0. The molecule has 23 heavy (non-hydrogen) atoms. The lowest BCUT2D eigenvalue weighted by molar-refractivity contribution is -0.931. The lowest BCUT2D eigenvalue weighted by Gasteiger charge is -2.49. The van der Waals surface area contributed by atoms with Crippen molar-refractivity contribution < 1.29 is 14.1 Å². The fourth-order valence-electron chi connectivity index (χ4n) is 4.09. The van der Waals surface area contributed by atoms with Gasteiger partial charge in [0.15, 0.2) is 5.79 Å². The number of allylic oxidation sites excluding steroid dienone is 1. The van der Waals surface area contributed by atoms with Gasteiger partial charge in [-0.2, -0.15) is 0 Å². The SMILES string of the molecule is C=CCC[C@@H]1[C@@H]2OC(C)(C)O[C@@H]2[C@@H](C)[N@+]1([O-])Cc1ccccc1. The summed E-state index contributed by atoms with van der Waals surface area (Å²) in [5.41, 5.74) is 1.07. The number of likely N-dealkylation sites (tertiary alicyclic amines) is 1. The number of ether oxygens (including phenoxy) is 2. The standard InChI is InChI=1S/C19H27NO3/c1-5-6-12-16-18-17(22-19(3,4)23-18)14(2)20(16,21)13-15-10-8-7-9-11-15/h5,7-11,14,16-18H,1,6,12-13H2,2-4H3/t14-,16-,17-,18+,20-/m1/s1. The van der Waals surface area contributed by atoms with Gasteiger partial charge in [0.25, 0.3) is 0 Å². The molecule has 2 aliphatic rings. The van der Waals surface area contributed by atoms with Crippen LogP contribution in [0.4, 0.5) is 0 Å². The Morgan fingerprint density at radius 2 is 1.87 bits per heavy atom. The molecule has 2 saturated heterocycles. The van der Waals surface area contributed by atoms with Crippen LogP contribution in [-0.4, -0.2) is 34.7 Å². The normalized spacial score (nSPS) is 38.4. The maximum absolute atomic E-state index is 13.8.